The largest absolute Gasteiger partial charge is 0.497 e. The number of aromatic nitrogens is 2. The fourth-order valence-electron chi connectivity index (χ4n) is 6.95. The van der Waals surface area contributed by atoms with Gasteiger partial charge in [-0.2, -0.15) is 0 Å². The van der Waals surface area contributed by atoms with Crippen molar-refractivity contribution in [1.82, 2.24) is 41.0 Å². The van der Waals surface area contributed by atoms with E-state index in [9.17, 15) is 28.8 Å². The quantitative estimate of drug-likeness (QED) is 0.145. The lowest BCUT2D eigenvalue weighted by molar-refractivity contribution is -0.125. The molecule has 0 bridgehead atoms. The van der Waals surface area contributed by atoms with Crippen LogP contribution in [-0.4, -0.2) is 93.8 Å². The van der Waals surface area contributed by atoms with Crippen LogP contribution < -0.4 is 30.7 Å². The van der Waals surface area contributed by atoms with Crippen molar-refractivity contribution in [2.45, 2.75) is 37.0 Å². The average Bonchev–Trinajstić information content (AvgIpc) is 3.88. The highest BCUT2D eigenvalue weighted by Gasteiger charge is 2.50. The Bertz CT molecular complexity index is 2310. The summed E-state index contributed by atoms with van der Waals surface area (Å²) in [5, 5.41) is 9.83. The summed E-state index contributed by atoms with van der Waals surface area (Å²) in [7, 11) is 3.07. The molecule has 2 aromatic heterocycles. The van der Waals surface area contributed by atoms with Gasteiger partial charge in [0.25, 0.3) is 23.6 Å². The topological polar surface area (TPSA) is 201 Å². The van der Waals surface area contributed by atoms with Crippen LogP contribution in [0.5, 0.6) is 11.5 Å². The molecule has 6 heterocycles. The van der Waals surface area contributed by atoms with Crippen LogP contribution in [0.25, 0.3) is 0 Å². The molecule has 16 nitrogen and oxygen atoms in total. The van der Waals surface area contributed by atoms with E-state index in [4.69, 9.17) is 9.47 Å². The Kier molecular flexibility index (Phi) is 10.1. The molecule has 8 amide bonds. The van der Waals surface area contributed by atoms with Gasteiger partial charge in [-0.05, 0) is 72.0 Å². The maximum Gasteiger partial charge on any atom is 0.323 e. The first-order chi connectivity index (χ1) is 27.0. The molecule has 4 aromatic rings. The van der Waals surface area contributed by atoms with Crippen molar-refractivity contribution in [2.24, 2.45) is 0 Å². The number of hydrogen-bond acceptors (Lipinski definition) is 10. The SMILES string of the molecule is COc1ccc2c(c1)C(=O)N(C[C@@]1(C#Cc3cccnc3)NC(=O)NC1=O)C2.COc1ccc2c(c1)C(=O)N(C[C@@]1(CCc3cccnc3)NC(=O)NC1=O)C2. The van der Waals surface area contributed by atoms with E-state index in [0.717, 1.165) is 16.7 Å². The average molecular weight is 757 g/mol. The summed E-state index contributed by atoms with van der Waals surface area (Å²) in [6.45, 7) is 0.724. The van der Waals surface area contributed by atoms with Crippen LogP contribution in [0.3, 0.4) is 0 Å². The molecule has 16 heteroatoms. The lowest BCUT2D eigenvalue weighted by atomic mass is 9.91. The Balaban J connectivity index is 0.000000172. The number of hydrogen-bond donors (Lipinski definition) is 4. The number of pyridine rings is 2. The summed E-state index contributed by atoms with van der Waals surface area (Å²) >= 11 is 0. The second-order valence-electron chi connectivity index (χ2n) is 13.5. The zero-order valence-corrected chi connectivity index (χ0v) is 30.4. The number of fused-ring (bicyclic) bond motifs is 2. The van der Waals surface area contributed by atoms with Crippen LogP contribution in [0.4, 0.5) is 9.59 Å². The van der Waals surface area contributed by atoms with E-state index >= 15 is 0 Å². The van der Waals surface area contributed by atoms with Gasteiger partial charge in [-0.3, -0.25) is 39.8 Å². The third-order valence-corrected chi connectivity index (χ3v) is 9.88. The number of urea groups is 2. The van der Waals surface area contributed by atoms with Gasteiger partial charge < -0.3 is 29.9 Å². The van der Waals surface area contributed by atoms with E-state index in [2.05, 4.69) is 43.1 Å². The molecule has 0 spiro atoms. The fourth-order valence-corrected chi connectivity index (χ4v) is 6.95. The van der Waals surface area contributed by atoms with Gasteiger partial charge >= 0.3 is 12.1 Å². The summed E-state index contributed by atoms with van der Waals surface area (Å²) in [5.74, 6) is 5.45. The Labute approximate surface area is 321 Å². The molecule has 0 aliphatic carbocycles. The predicted octanol–water partition coefficient (Wildman–Crippen LogP) is 1.93. The lowest BCUT2D eigenvalue weighted by Gasteiger charge is -2.31. The maximum absolute atomic E-state index is 12.9. The van der Waals surface area contributed by atoms with E-state index in [0.29, 0.717) is 54.1 Å². The molecule has 0 saturated carbocycles. The summed E-state index contributed by atoms with van der Waals surface area (Å²) in [4.78, 5) is 85.7. The van der Waals surface area contributed by atoms with Crippen LogP contribution in [0.15, 0.2) is 85.5 Å². The number of nitrogens with one attached hydrogen (secondary N) is 4. The van der Waals surface area contributed by atoms with Crippen LogP contribution in [-0.2, 0) is 29.1 Å². The molecular weight excluding hydrogens is 720 g/mol. The number of nitrogens with zero attached hydrogens (tertiary/aromatic N) is 4. The van der Waals surface area contributed by atoms with Gasteiger partial charge in [0.15, 0.2) is 0 Å². The third kappa shape index (κ3) is 7.42. The van der Waals surface area contributed by atoms with Gasteiger partial charge in [-0.15, -0.1) is 0 Å². The van der Waals surface area contributed by atoms with Crippen molar-refractivity contribution in [1.29, 1.82) is 0 Å². The molecule has 0 radical (unpaired) electrons. The van der Waals surface area contributed by atoms with Crippen LogP contribution in [0.2, 0.25) is 0 Å². The van der Waals surface area contributed by atoms with E-state index in [-0.39, 0.29) is 24.9 Å². The molecule has 4 aliphatic rings. The lowest BCUT2D eigenvalue weighted by Crippen LogP contribution is -2.55. The molecule has 0 unspecified atom stereocenters. The number of methoxy groups -OCH3 is 2. The van der Waals surface area contributed by atoms with Gasteiger partial charge in [0, 0.05) is 54.6 Å². The summed E-state index contributed by atoms with van der Waals surface area (Å²) in [6.07, 6.45) is 7.48. The summed E-state index contributed by atoms with van der Waals surface area (Å²) in [5.41, 5.74) is 1.62. The molecule has 4 aliphatic heterocycles. The van der Waals surface area contributed by atoms with Gasteiger partial charge in [0.2, 0.25) is 5.54 Å². The molecule has 56 heavy (non-hydrogen) atoms. The highest BCUT2D eigenvalue weighted by molar-refractivity contribution is 6.10. The minimum absolute atomic E-state index is 0.0757. The third-order valence-electron chi connectivity index (χ3n) is 9.88. The number of rotatable bonds is 9. The van der Waals surface area contributed by atoms with E-state index in [1.54, 1.807) is 73.2 Å². The van der Waals surface area contributed by atoms with Gasteiger partial charge in [0.05, 0.1) is 27.3 Å². The van der Waals surface area contributed by atoms with Gasteiger partial charge in [0.1, 0.15) is 17.0 Å². The molecule has 4 N–H and O–H groups in total. The number of amides is 8. The van der Waals surface area contributed by atoms with Crippen LogP contribution >= 0.6 is 0 Å². The molecular formula is C40H36N8O8. The van der Waals surface area contributed by atoms with E-state index in [1.807, 2.05) is 24.3 Å². The first kappa shape index (κ1) is 37.1. The Morgan fingerprint density at radius 1 is 0.714 bits per heavy atom. The Morgan fingerprint density at radius 3 is 1.82 bits per heavy atom. The minimum Gasteiger partial charge on any atom is -0.497 e. The molecule has 2 fully saturated rings. The van der Waals surface area contributed by atoms with Crippen molar-refractivity contribution >= 4 is 35.7 Å². The normalized spacial score (nSPS) is 20.5. The van der Waals surface area contributed by atoms with E-state index < -0.39 is 35.0 Å². The number of aryl methyl sites for hydroxylation is 1. The van der Waals surface area contributed by atoms with Crippen LogP contribution in [0.1, 0.15) is 49.4 Å². The van der Waals surface area contributed by atoms with Crippen molar-refractivity contribution in [3.05, 3.63) is 119 Å². The molecule has 2 aromatic carbocycles. The van der Waals surface area contributed by atoms with Gasteiger partial charge in [-0.1, -0.05) is 30.0 Å². The minimum atomic E-state index is -1.53. The zero-order chi connectivity index (χ0) is 39.5. The standard InChI is InChI=1S/C20H20N4O4.C20H16N4O4/c2*1-28-15-5-4-14-11-24(17(25)16(14)9-15)12-20(18(26)22-19(27)23-20)7-6-13-3-2-8-21-10-13/h2-5,8-10H,6-7,11-12H2,1H3,(H2,22,23,26,27);2-5,8-10H,11-12H2,1H3,(H2,22,23,26,27)/t2*20-/m11/s1. The fraction of sp³-hybridized carbons (Fsp3) is 0.250. The highest BCUT2D eigenvalue weighted by atomic mass is 16.5. The maximum atomic E-state index is 12.9. The highest BCUT2D eigenvalue weighted by Crippen LogP contribution is 2.31. The smallest absolute Gasteiger partial charge is 0.323 e. The Morgan fingerprint density at radius 2 is 1.30 bits per heavy atom. The number of imide groups is 2. The second kappa shape index (κ2) is 15.2. The van der Waals surface area contributed by atoms with Crippen molar-refractivity contribution in [3.63, 3.8) is 0 Å². The summed E-state index contributed by atoms with van der Waals surface area (Å²) < 4.78 is 10.4. The van der Waals surface area contributed by atoms with Crippen molar-refractivity contribution in [2.75, 3.05) is 27.3 Å². The van der Waals surface area contributed by atoms with Crippen LogP contribution in [0, 0.1) is 11.8 Å². The number of carbonyl (C=O) groups excluding carboxylic acids is 6. The van der Waals surface area contributed by atoms with Crippen molar-refractivity contribution in [3.8, 4) is 23.3 Å². The Hall–Kier alpha value is -7.28. The molecule has 8 rings (SSSR count). The zero-order valence-electron chi connectivity index (χ0n) is 30.4. The second-order valence-corrected chi connectivity index (χ2v) is 13.5. The summed E-state index contributed by atoms with van der Waals surface area (Å²) in [6, 6.07) is 16.6. The van der Waals surface area contributed by atoms with Gasteiger partial charge in [-0.25, -0.2) is 9.59 Å². The monoisotopic (exact) mass is 756 g/mol. The predicted molar refractivity (Wildman–Crippen MR) is 198 cm³/mol. The first-order valence-corrected chi connectivity index (χ1v) is 17.5. The molecule has 2 saturated heterocycles. The number of benzene rings is 2. The van der Waals surface area contributed by atoms with Crippen molar-refractivity contribution < 1.29 is 38.2 Å². The molecule has 2 atom stereocenters. The molecule has 284 valence electrons. The van der Waals surface area contributed by atoms with E-state index in [1.165, 1.54) is 12.0 Å². The number of carbonyl (C=O) groups is 6. The number of ether oxygens (including phenoxy) is 2. The first-order valence-electron chi connectivity index (χ1n) is 17.5.